The Bertz CT molecular complexity index is 1100. The summed E-state index contributed by atoms with van der Waals surface area (Å²) in [6, 6.07) is 7.88. The number of benzene rings is 3. The van der Waals surface area contributed by atoms with Gasteiger partial charge >= 0.3 is 12.3 Å². The first-order valence-electron chi connectivity index (χ1n) is 9.45. The minimum atomic E-state index is -4.57. The molecule has 0 spiro atoms. The van der Waals surface area contributed by atoms with Gasteiger partial charge in [0.15, 0.2) is 11.6 Å². The lowest BCUT2D eigenvalue weighted by molar-refractivity contribution is -0.187. The Morgan fingerprint density at radius 1 is 0.781 bits per heavy atom. The van der Waals surface area contributed by atoms with E-state index < -0.39 is 46.6 Å². The van der Waals surface area contributed by atoms with Gasteiger partial charge in [0, 0.05) is 11.6 Å². The van der Waals surface area contributed by atoms with E-state index in [9.17, 15) is 35.1 Å². The zero-order chi connectivity index (χ0) is 23.7. The van der Waals surface area contributed by atoms with Crippen LogP contribution in [0.15, 0.2) is 54.6 Å². The first-order chi connectivity index (χ1) is 14.9. The van der Waals surface area contributed by atoms with Crippen LogP contribution >= 0.6 is 0 Å². The summed E-state index contributed by atoms with van der Waals surface area (Å²) in [6.07, 6.45) is -8.24. The fourth-order valence-corrected chi connectivity index (χ4v) is 3.11. The first kappa shape index (κ1) is 23.6. The van der Waals surface area contributed by atoms with Gasteiger partial charge in [0.2, 0.25) is 0 Å². The Labute approximate surface area is 178 Å². The molecule has 0 fully saturated rings. The van der Waals surface area contributed by atoms with Gasteiger partial charge in [0.05, 0.1) is 5.56 Å². The fourth-order valence-electron chi connectivity index (χ4n) is 3.11. The Hall–Kier alpha value is -3.10. The summed E-state index contributed by atoms with van der Waals surface area (Å²) >= 11 is 0. The summed E-state index contributed by atoms with van der Waals surface area (Å²) in [7, 11) is 0. The number of hydrogen-bond donors (Lipinski definition) is 0. The maximum Gasteiger partial charge on any atom is 0.429 e. The molecule has 3 rings (SSSR count). The molecule has 0 amide bonds. The second-order valence-corrected chi connectivity index (χ2v) is 6.99. The third-order valence-electron chi connectivity index (χ3n) is 4.70. The van der Waals surface area contributed by atoms with Crippen LogP contribution in [-0.4, -0.2) is 0 Å². The molecule has 32 heavy (non-hydrogen) atoms. The van der Waals surface area contributed by atoms with Gasteiger partial charge in [-0.05, 0) is 47.9 Å². The second-order valence-electron chi connectivity index (χ2n) is 6.99. The van der Waals surface area contributed by atoms with E-state index in [2.05, 4.69) is 4.74 Å². The molecule has 0 aromatic heterocycles. The van der Waals surface area contributed by atoms with Crippen LogP contribution in [-0.2, 0) is 18.7 Å². The lowest BCUT2D eigenvalue weighted by Gasteiger charge is -2.20. The minimum absolute atomic E-state index is 0.0588. The summed E-state index contributed by atoms with van der Waals surface area (Å²) in [6.45, 7) is 1.71. The number of hydrogen-bond acceptors (Lipinski definition) is 1. The molecule has 0 saturated carbocycles. The summed E-state index contributed by atoms with van der Waals surface area (Å²) in [5, 5.41) is 0. The van der Waals surface area contributed by atoms with E-state index in [1.165, 1.54) is 0 Å². The Morgan fingerprint density at radius 2 is 1.44 bits per heavy atom. The smallest absolute Gasteiger partial charge is 0.429 e. The monoisotopic (exact) mass is 460 g/mol. The van der Waals surface area contributed by atoms with Crippen molar-refractivity contribution < 1.29 is 39.9 Å². The number of halogens is 8. The highest BCUT2D eigenvalue weighted by molar-refractivity contribution is 5.65. The molecule has 0 radical (unpaired) electrons. The van der Waals surface area contributed by atoms with Crippen molar-refractivity contribution in [1.29, 1.82) is 0 Å². The van der Waals surface area contributed by atoms with Crippen LogP contribution in [0.3, 0.4) is 0 Å². The van der Waals surface area contributed by atoms with Crippen LogP contribution in [0, 0.1) is 17.5 Å². The molecule has 0 heterocycles. The van der Waals surface area contributed by atoms with E-state index in [4.69, 9.17) is 0 Å². The first-order valence-corrected chi connectivity index (χ1v) is 9.45. The SMILES string of the molecule is CCCc1ccc(C(F)(F)Oc2ccc(-c3ccc(C(F)(F)F)cc3)c(F)c2)c(F)c1F. The van der Waals surface area contributed by atoms with Crippen LogP contribution in [0.2, 0.25) is 0 Å². The van der Waals surface area contributed by atoms with Gasteiger partial charge in [-0.2, -0.15) is 22.0 Å². The molecule has 1 nitrogen and oxygen atoms in total. The van der Waals surface area contributed by atoms with Gasteiger partial charge < -0.3 is 4.74 Å². The molecule has 0 bridgehead atoms. The van der Waals surface area contributed by atoms with Crippen LogP contribution in [0.4, 0.5) is 35.1 Å². The standard InChI is InChI=1S/C23H16F8O/c1-2-3-14-6-11-18(21(26)20(14)25)23(30,31)32-16-9-10-17(19(24)12-16)13-4-7-15(8-5-13)22(27,28)29/h4-12H,2-3H2,1H3. The van der Waals surface area contributed by atoms with Crippen LogP contribution in [0.1, 0.15) is 30.0 Å². The second kappa shape index (κ2) is 8.80. The predicted octanol–water partition coefficient (Wildman–Crippen LogP) is 7.87. The maximum absolute atomic E-state index is 14.5. The van der Waals surface area contributed by atoms with Gasteiger partial charge in [-0.3, -0.25) is 0 Å². The predicted molar refractivity (Wildman–Crippen MR) is 102 cm³/mol. The molecule has 3 aromatic rings. The molecule has 0 saturated heterocycles. The summed E-state index contributed by atoms with van der Waals surface area (Å²) < 4.78 is 114. The molecule has 0 aliphatic rings. The van der Waals surface area contributed by atoms with Crippen molar-refractivity contribution in [2.45, 2.75) is 32.1 Å². The Kier molecular flexibility index (Phi) is 6.48. The van der Waals surface area contributed by atoms with Crippen molar-refractivity contribution in [3.8, 4) is 16.9 Å². The van der Waals surface area contributed by atoms with Gasteiger partial charge in [0.1, 0.15) is 17.1 Å². The summed E-state index contributed by atoms with van der Waals surface area (Å²) in [5.41, 5.74) is -2.41. The van der Waals surface area contributed by atoms with E-state index in [0.717, 1.165) is 42.5 Å². The molecule has 0 aliphatic carbocycles. The van der Waals surface area contributed by atoms with Crippen molar-refractivity contribution in [2.75, 3.05) is 0 Å². The zero-order valence-corrected chi connectivity index (χ0v) is 16.5. The van der Waals surface area contributed by atoms with Gasteiger partial charge in [-0.25, -0.2) is 13.2 Å². The highest BCUT2D eigenvalue weighted by Crippen LogP contribution is 2.37. The Balaban J connectivity index is 1.86. The van der Waals surface area contributed by atoms with Crippen molar-refractivity contribution in [3.05, 3.63) is 88.7 Å². The van der Waals surface area contributed by atoms with Crippen LogP contribution < -0.4 is 4.74 Å². The highest BCUT2D eigenvalue weighted by atomic mass is 19.4. The van der Waals surface area contributed by atoms with E-state index in [1.54, 1.807) is 6.92 Å². The molecule has 170 valence electrons. The third kappa shape index (κ3) is 4.87. The molecule has 0 unspecified atom stereocenters. The molecule has 0 atom stereocenters. The quantitative estimate of drug-likeness (QED) is 0.340. The van der Waals surface area contributed by atoms with Gasteiger partial charge in [-0.15, -0.1) is 0 Å². The topological polar surface area (TPSA) is 9.23 Å². The van der Waals surface area contributed by atoms with Gasteiger partial charge in [0.25, 0.3) is 0 Å². The lowest BCUT2D eigenvalue weighted by atomic mass is 10.0. The molecule has 0 aliphatic heterocycles. The van der Waals surface area contributed by atoms with Crippen molar-refractivity contribution in [3.63, 3.8) is 0 Å². The molecule has 0 N–H and O–H groups in total. The number of ether oxygens (including phenoxy) is 1. The minimum Gasteiger partial charge on any atom is -0.429 e. The van der Waals surface area contributed by atoms with Crippen molar-refractivity contribution in [2.24, 2.45) is 0 Å². The van der Waals surface area contributed by atoms with E-state index in [0.29, 0.717) is 18.6 Å². The third-order valence-corrected chi connectivity index (χ3v) is 4.70. The largest absolute Gasteiger partial charge is 0.429 e. The lowest BCUT2D eigenvalue weighted by Crippen LogP contribution is -2.24. The summed E-state index contributed by atoms with van der Waals surface area (Å²) in [4.78, 5) is 0. The molecule has 9 heteroatoms. The average Bonchev–Trinajstić information content (AvgIpc) is 2.71. The van der Waals surface area contributed by atoms with E-state index in [1.807, 2.05) is 0 Å². The fraction of sp³-hybridized carbons (Fsp3) is 0.217. The van der Waals surface area contributed by atoms with Crippen molar-refractivity contribution in [1.82, 2.24) is 0 Å². The number of aryl methyl sites for hydroxylation is 1. The average molecular weight is 460 g/mol. The van der Waals surface area contributed by atoms with Gasteiger partial charge in [-0.1, -0.05) is 31.5 Å². The van der Waals surface area contributed by atoms with Crippen molar-refractivity contribution >= 4 is 0 Å². The van der Waals surface area contributed by atoms with E-state index in [-0.39, 0.29) is 23.1 Å². The molecular formula is C23H16F8O. The maximum atomic E-state index is 14.5. The molecule has 3 aromatic carbocycles. The van der Waals surface area contributed by atoms with E-state index >= 15 is 0 Å². The zero-order valence-electron chi connectivity index (χ0n) is 16.5. The van der Waals surface area contributed by atoms with Crippen LogP contribution in [0.5, 0.6) is 5.75 Å². The Morgan fingerprint density at radius 3 is 2.00 bits per heavy atom. The number of alkyl halides is 5. The number of rotatable bonds is 6. The highest BCUT2D eigenvalue weighted by Gasteiger charge is 2.39. The van der Waals surface area contributed by atoms with Crippen LogP contribution in [0.25, 0.3) is 11.1 Å². The summed E-state index contributed by atoms with van der Waals surface area (Å²) in [5.74, 6) is -4.90. The molecular weight excluding hydrogens is 444 g/mol. The normalized spacial score (nSPS) is 12.2.